The minimum absolute atomic E-state index is 0.0307. The lowest BCUT2D eigenvalue weighted by molar-refractivity contribution is -0.114. The molecule has 0 aliphatic rings. The number of rotatable bonds is 6. The van der Waals surface area contributed by atoms with E-state index in [0.29, 0.717) is 10.2 Å². The lowest BCUT2D eigenvalue weighted by Crippen LogP contribution is -2.23. The fourth-order valence-electron chi connectivity index (χ4n) is 2.35. The quantitative estimate of drug-likeness (QED) is 0.764. The third kappa shape index (κ3) is 4.58. The zero-order valence-electron chi connectivity index (χ0n) is 13.5. The number of amides is 1. The average Bonchev–Trinajstić information content (AvgIpc) is 2.52. The fraction of sp³-hybridized carbons (Fsp3) is 0.235. The van der Waals surface area contributed by atoms with Crippen molar-refractivity contribution in [2.45, 2.75) is 18.2 Å². The van der Waals surface area contributed by atoms with Crippen molar-refractivity contribution in [3.63, 3.8) is 0 Å². The predicted octanol–water partition coefficient (Wildman–Crippen LogP) is 3.47. The summed E-state index contributed by atoms with van der Waals surface area (Å²) in [5.74, 6) is -0.240. The Hall–Kier alpha value is -1.86. The molecule has 0 unspecified atom stereocenters. The molecule has 0 saturated heterocycles. The molecular weight excluding hydrogens is 392 g/mol. The molecule has 0 saturated carbocycles. The summed E-state index contributed by atoms with van der Waals surface area (Å²) in [6.07, 6.45) is 1.95. The maximum atomic E-state index is 12.2. The molecule has 0 aliphatic heterocycles. The summed E-state index contributed by atoms with van der Waals surface area (Å²) >= 11 is 3.24. The highest BCUT2D eigenvalue weighted by Gasteiger charge is 2.17. The SMILES string of the molecule is CCc1ccccc1NC(=O)CNc1cccc(Br)c1S(C)(=O)=O. The minimum atomic E-state index is -3.42. The highest BCUT2D eigenvalue weighted by molar-refractivity contribution is 9.10. The Morgan fingerprint density at radius 1 is 1.08 bits per heavy atom. The lowest BCUT2D eigenvalue weighted by atomic mass is 10.1. The van der Waals surface area contributed by atoms with Crippen molar-refractivity contribution < 1.29 is 13.2 Å². The van der Waals surface area contributed by atoms with Crippen LogP contribution in [0.2, 0.25) is 0 Å². The summed E-state index contributed by atoms with van der Waals surface area (Å²) in [5.41, 5.74) is 2.21. The van der Waals surface area contributed by atoms with E-state index in [2.05, 4.69) is 26.6 Å². The molecule has 1 amide bonds. The molecular formula is C17H19BrN2O3S. The zero-order chi connectivity index (χ0) is 17.7. The predicted molar refractivity (Wildman–Crippen MR) is 100 cm³/mol. The van der Waals surface area contributed by atoms with Gasteiger partial charge in [0.1, 0.15) is 4.90 Å². The molecule has 0 atom stereocenters. The second-order valence-electron chi connectivity index (χ2n) is 5.30. The van der Waals surface area contributed by atoms with Crippen LogP contribution in [-0.2, 0) is 21.1 Å². The van der Waals surface area contributed by atoms with Gasteiger partial charge in [-0.1, -0.05) is 31.2 Å². The van der Waals surface area contributed by atoms with Gasteiger partial charge in [0.05, 0.1) is 12.2 Å². The van der Waals surface area contributed by atoms with Gasteiger partial charge < -0.3 is 10.6 Å². The van der Waals surface area contributed by atoms with Crippen LogP contribution >= 0.6 is 15.9 Å². The van der Waals surface area contributed by atoms with Crippen molar-refractivity contribution in [2.75, 3.05) is 23.4 Å². The van der Waals surface area contributed by atoms with Gasteiger partial charge in [-0.25, -0.2) is 8.42 Å². The van der Waals surface area contributed by atoms with Crippen molar-refractivity contribution in [3.8, 4) is 0 Å². The molecule has 0 bridgehead atoms. The van der Waals surface area contributed by atoms with Gasteiger partial charge in [-0.15, -0.1) is 0 Å². The van der Waals surface area contributed by atoms with E-state index < -0.39 is 9.84 Å². The lowest BCUT2D eigenvalue weighted by Gasteiger charge is -2.13. The van der Waals surface area contributed by atoms with Gasteiger partial charge in [0, 0.05) is 16.4 Å². The number of hydrogen-bond donors (Lipinski definition) is 2. The number of halogens is 1. The van der Waals surface area contributed by atoms with Crippen LogP contribution < -0.4 is 10.6 Å². The van der Waals surface area contributed by atoms with Crippen LogP contribution in [0.5, 0.6) is 0 Å². The Morgan fingerprint density at radius 3 is 2.42 bits per heavy atom. The number of carbonyl (C=O) groups excluding carboxylic acids is 1. The Bertz CT molecular complexity index is 851. The van der Waals surface area contributed by atoms with Crippen LogP contribution in [0.15, 0.2) is 51.8 Å². The summed E-state index contributed by atoms with van der Waals surface area (Å²) in [6.45, 7) is 1.99. The normalized spacial score (nSPS) is 11.1. The Kier molecular flexibility index (Phi) is 6.01. The molecule has 128 valence electrons. The van der Waals surface area contributed by atoms with E-state index in [9.17, 15) is 13.2 Å². The van der Waals surface area contributed by atoms with Gasteiger partial charge in [-0.2, -0.15) is 0 Å². The van der Waals surface area contributed by atoms with E-state index in [0.717, 1.165) is 23.9 Å². The highest BCUT2D eigenvalue weighted by Crippen LogP contribution is 2.29. The number of para-hydroxylation sites is 1. The monoisotopic (exact) mass is 410 g/mol. The third-order valence-corrected chi connectivity index (χ3v) is 5.55. The summed E-state index contributed by atoms with van der Waals surface area (Å²) < 4.78 is 24.3. The van der Waals surface area contributed by atoms with Crippen LogP contribution in [0.1, 0.15) is 12.5 Å². The standard InChI is InChI=1S/C17H19BrN2O3S/c1-3-12-7-4-5-9-14(12)20-16(21)11-19-15-10-6-8-13(18)17(15)24(2,22)23/h4-10,19H,3,11H2,1-2H3,(H,20,21). The summed E-state index contributed by atoms with van der Waals surface area (Å²) in [6, 6.07) is 12.6. The van der Waals surface area contributed by atoms with Gasteiger partial charge >= 0.3 is 0 Å². The van der Waals surface area contributed by atoms with E-state index in [-0.39, 0.29) is 17.3 Å². The van der Waals surface area contributed by atoms with Gasteiger partial charge in [0.25, 0.3) is 0 Å². The second-order valence-corrected chi connectivity index (χ2v) is 8.11. The highest BCUT2D eigenvalue weighted by atomic mass is 79.9. The van der Waals surface area contributed by atoms with E-state index in [1.165, 1.54) is 0 Å². The smallest absolute Gasteiger partial charge is 0.243 e. The summed E-state index contributed by atoms with van der Waals surface area (Å²) in [4.78, 5) is 12.3. The second kappa shape index (κ2) is 7.81. The molecule has 0 heterocycles. The van der Waals surface area contributed by atoms with Crippen LogP contribution in [-0.4, -0.2) is 27.1 Å². The molecule has 0 aliphatic carbocycles. The fourth-order valence-corrected chi connectivity index (χ4v) is 4.56. The molecule has 2 aromatic carbocycles. The molecule has 2 N–H and O–H groups in total. The van der Waals surface area contributed by atoms with Crippen LogP contribution in [0.3, 0.4) is 0 Å². The number of benzene rings is 2. The van der Waals surface area contributed by atoms with Crippen molar-refractivity contribution in [1.29, 1.82) is 0 Å². The van der Waals surface area contributed by atoms with Gasteiger partial charge in [-0.05, 0) is 46.1 Å². The van der Waals surface area contributed by atoms with Crippen molar-refractivity contribution in [2.24, 2.45) is 0 Å². The van der Waals surface area contributed by atoms with Crippen molar-refractivity contribution in [3.05, 3.63) is 52.5 Å². The van der Waals surface area contributed by atoms with Crippen LogP contribution in [0, 0.1) is 0 Å². The molecule has 7 heteroatoms. The van der Waals surface area contributed by atoms with E-state index >= 15 is 0 Å². The Morgan fingerprint density at radius 2 is 1.75 bits per heavy atom. The minimum Gasteiger partial charge on any atom is -0.375 e. The first-order valence-corrected chi connectivity index (χ1v) is 10.1. The van der Waals surface area contributed by atoms with E-state index in [4.69, 9.17) is 0 Å². The van der Waals surface area contributed by atoms with Crippen molar-refractivity contribution in [1.82, 2.24) is 0 Å². The number of hydrogen-bond acceptors (Lipinski definition) is 4. The molecule has 2 aromatic rings. The van der Waals surface area contributed by atoms with Gasteiger partial charge in [0.2, 0.25) is 5.91 Å². The molecule has 24 heavy (non-hydrogen) atoms. The van der Waals surface area contributed by atoms with Crippen molar-refractivity contribution >= 4 is 43.0 Å². The molecule has 0 aromatic heterocycles. The largest absolute Gasteiger partial charge is 0.375 e. The number of sulfone groups is 1. The number of aryl methyl sites for hydroxylation is 1. The Balaban J connectivity index is 2.12. The maximum absolute atomic E-state index is 12.2. The van der Waals surface area contributed by atoms with Gasteiger partial charge in [0.15, 0.2) is 9.84 Å². The first-order valence-electron chi connectivity index (χ1n) is 7.43. The molecule has 0 spiro atoms. The van der Waals surface area contributed by atoms with Gasteiger partial charge in [-0.3, -0.25) is 4.79 Å². The molecule has 0 fully saturated rings. The number of carbonyl (C=O) groups is 1. The van der Waals surface area contributed by atoms with Crippen LogP contribution in [0.4, 0.5) is 11.4 Å². The molecule has 0 radical (unpaired) electrons. The molecule has 5 nitrogen and oxygen atoms in total. The average molecular weight is 411 g/mol. The molecule has 2 rings (SSSR count). The topological polar surface area (TPSA) is 75.3 Å². The Labute approximate surface area is 150 Å². The first kappa shape index (κ1) is 18.5. The van der Waals surface area contributed by atoms with E-state index in [1.54, 1.807) is 18.2 Å². The third-order valence-electron chi connectivity index (χ3n) is 3.45. The zero-order valence-corrected chi connectivity index (χ0v) is 15.9. The summed E-state index contributed by atoms with van der Waals surface area (Å²) in [5, 5.41) is 5.74. The number of anilines is 2. The maximum Gasteiger partial charge on any atom is 0.243 e. The van der Waals surface area contributed by atoms with E-state index in [1.807, 2.05) is 31.2 Å². The number of nitrogens with one attached hydrogen (secondary N) is 2. The van der Waals surface area contributed by atoms with Crippen LogP contribution in [0.25, 0.3) is 0 Å². The first-order chi connectivity index (χ1) is 11.3. The summed E-state index contributed by atoms with van der Waals surface area (Å²) in [7, 11) is -3.42.